The van der Waals surface area contributed by atoms with E-state index in [1.807, 2.05) is 72.1 Å². The van der Waals surface area contributed by atoms with E-state index >= 15 is 0 Å². The van der Waals surface area contributed by atoms with Gasteiger partial charge in [0.15, 0.2) is 10.8 Å². The molecule has 0 aliphatic carbocycles. The molecule has 0 amide bonds. The van der Waals surface area contributed by atoms with Gasteiger partial charge >= 0.3 is 0 Å². The molecule has 0 aliphatic rings. The molecule has 0 bridgehead atoms. The van der Waals surface area contributed by atoms with Gasteiger partial charge in [-0.3, -0.25) is 0 Å². The van der Waals surface area contributed by atoms with Gasteiger partial charge in [-0.05, 0) is 35.4 Å². The predicted octanol–water partition coefficient (Wildman–Crippen LogP) is 6.87. The van der Waals surface area contributed by atoms with Crippen molar-refractivity contribution in [3.63, 3.8) is 0 Å². The zero-order chi connectivity index (χ0) is 21.0. The van der Waals surface area contributed by atoms with E-state index in [1.165, 1.54) is 0 Å². The highest BCUT2D eigenvalue weighted by Gasteiger charge is 2.12. The first-order valence-electron chi connectivity index (χ1n) is 9.91. The summed E-state index contributed by atoms with van der Waals surface area (Å²) in [6.45, 7) is 0.418. The van der Waals surface area contributed by atoms with E-state index in [4.69, 9.17) is 19.4 Å². The van der Waals surface area contributed by atoms with Crippen molar-refractivity contribution in [1.82, 2.24) is 4.98 Å². The summed E-state index contributed by atoms with van der Waals surface area (Å²) in [5.41, 5.74) is 4.85. The van der Waals surface area contributed by atoms with E-state index in [9.17, 15) is 0 Å². The molecule has 5 heteroatoms. The van der Waals surface area contributed by atoms with Crippen LogP contribution in [0.2, 0.25) is 0 Å². The number of rotatable bonds is 6. The van der Waals surface area contributed by atoms with Crippen LogP contribution in [0.1, 0.15) is 11.1 Å². The molecule has 0 atom stereocenters. The van der Waals surface area contributed by atoms with Gasteiger partial charge in [0.05, 0.1) is 18.2 Å². The lowest BCUT2D eigenvalue weighted by Gasteiger charge is -2.09. The van der Waals surface area contributed by atoms with Crippen LogP contribution in [0.5, 0.6) is 5.75 Å². The van der Waals surface area contributed by atoms with Crippen LogP contribution < -0.4 is 4.74 Å². The van der Waals surface area contributed by atoms with Crippen molar-refractivity contribution in [3.05, 3.63) is 95.4 Å². The average molecular weight is 423 g/mol. The molecule has 5 rings (SSSR count). The van der Waals surface area contributed by atoms with Crippen LogP contribution in [-0.4, -0.2) is 4.98 Å². The Hall–Kier alpha value is -3.88. The molecule has 0 spiro atoms. The Kier molecular flexibility index (Phi) is 5.22. The molecule has 0 aliphatic heterocycles. The van der Waals surface area contributed by atoms with Crippen molar-refractivity contribution in [2.24, 2.45) is 0 Å². The molecule has 0 unspecified atom stereocenters. The van der Waals surface area contributed by atoms with E-state index in [-0.39, 0.29) is 0 Å². The van der Waals surface area contributed by atoms with Gasteiger partial charge in [-0.15, -0.1) is 11.3 Å². The molecule has 4 nitrogen and oxygen atoms in total. The average Bonchev–Trinajstić information content (AvgIpc) is 3.46. The number of fused-ring (bicyclic) bond motifs is 1. The smallest absolute Gasteiger partial charge is 0.164 e. The number of nitriles is 1. The fourth-order valence-electron chi connectivity index (χ4n) is 3.46. The summed E-state index contributed by atoms with van der Waals surface area (Å²) in [5.74, 6) is 1.51. The molecular formula is C26H18N2O2S. The molecule has 0 saturated carbocycles. The number of furan rings is 1. The van der Waals surface area contributed by atoms with Crippen molar-refractivity contribution in [3.8, 4) is 33.8 Å². The Morgan fingerprint density at radius 3 is 2.58 bits per heavy atom. The number of ether oxygens (including phenoxy) is 1. The zero-order valence-electron chi connectivity index (χ0n) is 16.6. The van der Waals surface area contributed by atoms with Crippen LogP contribution in [0.4, 0.5) is 0 Å². The maximum Gasteiger partial charge on any atom is 0.164 e. The van der Waals surface area contributed by atoms with Gasteiger partial charge in [0.2, 0.25) is 0 Å². The van der Waals surface area contributed by atoms with Gasteiger partial charge in [0.25, 0.3) is 0 Å². The first-order chi connectivity index (χ1) is 15.3. The maximum absolute atomic E-state index is 9.00. The molecule has 150 valence electrons. The monoisotopic (exact) mass is 422 g/mol. The summed E-state index contributed by atoms with van der Waals surface area (Å²) in [6, 6.07) is 28.0. The summed E-state index contributed by atoms with van der Waals surface area (Å²) < 4.78 is 12.0. The number of aromatic nitrogens is 1. The number of hydrogen-bond donors (Lipinski definition) is 0. The van der Waals surface area contributed by atoms with Crippen molar-refractivity contribution in [1.29, 1.82) is 5.26 Å². The van der Waals surface area contributed by atoms with Crippen LogP contribution in [-0.2, 0) is 13.0 Å². The molecule has 5 aromatic rings. The van der Waals surface area contributed by atoms with E-state index in [0.717, 1.165) is 49.9 Å². The Morgan fingerprint density at radius 2 is 1.74 bits per heavy atom. The molecule has 31 heavy (non-hydrogen) atoms. The zero-order valence-corrected chi connectivity index (χ0v) is 17.4. The first kappa shape index (κ1) is 19.1. The molecule has 0 fully saturated rings. The highest BCUT2D eigenvalue weighted by Crippen LogP contribution is 2.34. The number of nitrogens with zero attached hydrogens (tertiary/aromatic N) is 2. The molecular weight excluding hydrogens is 404 g/mol. The van der Waals surface area contributed by atoms with Gasteiger partial charge in [-0.1, -0.05) is 54.6 Å². The third kappa shape index (κ3) is 4.07. The lowest BCUT2D eigenvalue weighted by molar-refractivity contribution is 0.305. The third-order valence-corrected chi connectivity index (χ3v) is 5.91. The second kappa shape index (κ2) is 8.47. The molecule has 2 aromatic heterocycles. The summed E-state index contributed by atoms with van der Waals surface area (Å²) in [4.78, 5) is 4.74. The molecule has 0 N–H and O–H groups in total. The quantitative estimate of drug-likeness (QED) is 0.300. The minimum atomic E-state index is 0.377. The van der Waals surface area contributed by atoms with Crippen molar-refractivity contribution >= 4 is 22.3 Å². The second-order valence-corrected chi connectivity index (χ2v) is 7.96. The predicted molar refractivity (Wildman–Crippen MR) is 123 cm³/mol. The van der Waals surface area contributed by atoms with Crippen LogP contribution in [0.3, 0.4) is 0 Å². The van der Waals surface area contributed by atoms with Gasteiger partial charge in [0, 0.05) is 16.3 Å². The molecule has 0 radical (unpaired) electrons. The van der Waals surface area contributed by atoms with Crippen LogP contribution >= 0.6 is 11.3 Å². The normalized spacial score (nSPS) is 10.8. The molecule has 3 aromatic carbocycles. The first-order valence-corrected chi connectivity index (χ1v) is 10.8. The fraction of sp³-hybridized carbons (Fsp3) is 0.0769. The van der Waals surface area contributed by atoms with Crippen molar-refractivity contribution in [2.75, 3.05) is 0 Å². The SMILES string of the molecule is N#CCc1ccccc1COc1ccc2oc(-c3nc(-c4ccccc4)cs3)cc2c1. The lowest BCUT2D eigenvalue weighted by atomic mass is 10.1. The number of thiazole rings is 1. The highest BCUT2D eigenvalue weighted by molar-refractivity contribution is 7.13. The maximum atomic E-state index is 9.00. The van der Waals surface area contributed by atoms with Crippen molar-refractivity contribution in [2.45, 2.75) is 13.0 Å². The molecule has 0 saturated heterocycles. The fourth-order valence-corrected chi connectivity index (χ4v) is 4.24. The Bertz CT molecular complexity index is 1380. The van der Waals surface area contributed by atoms with Crippen LogP contribution in [0.25, 0.3) is 33.0 Å². The Labute approximate surface area is 184 Å². The minimum absolute atomic E-state index is 0.377. The van der Waals surface area contributed by atoms with Gasteiger partial charge in [0.1, 0.15) is 17.9 Å². The Balaban J connectivity index is 1.36. The lowest BCUT2D eigenvalue weighted by Crippen LogP contribution is -1.99. The number of hydrogen-bond acceptors (Lipinski definition) is 5. The topological polar surface area (TPSA) is 59.0 Å². The van der Waals surface area contributed by atoms with E-state index in [1.54, 1.807) is 11.3 Å². The van der Waals surface area contributed by atoms with Gasteiger partial charge in [-0.25, -0.2) is 4.98 Å². The Morgan fingerprint density at radius 1 is 0.935 bits per heavy atom. The minimum Gasteiger partial charge on any atom is -0.489 e. The number of benzene rings is 3. The summed E-state index contributed by atoms with van der Waals surface area (Å²) in [7, 11) is 0. The second-order valence-electron chi connectivity index (χ2n) is 7.11. The summed E-state index contributed by atoms with van der Waals surface area (Å²) in [5, 5.41) is 12.9. The largest absolute Gasteiger partial charge is 0.489 e. The molecule has 2 heterocycles. The van der Waals surface area contributed by atoms with Crippen LogP contribution in [0, 0.1) is 11.3 Å². The summed E-state index contributed by atoms with van der Waals surface area (Å²) in [6.07, 6.45) is 0.377. The van der Waals surface area contributed by atoms with E-state index < -0.39 is 0 Å². The van der Waals surface area contributed by atoms with Crippen molar-refractivity contribution < 1.29 is 9.15 Å². The standard InChI is InChI=1S/C26H18N2O2S/c27-13-12-18-6-4-5-9-20(18)16-29-22-10-11-24-21(14-22)15-25(30-24)26-28-23(17-31-26)19-7-2-1-3-8-19/h1-11,14-15,17H,12,16H2. The summed E-state index contributed by atoms with van der Waals surface area (Å²) >= 11 is 1.57. The van der Waals surface area contributed by atoms with Crippen LogP contribution in [0.15, 0.2) is 88.7 Å². The van der Waals surface area contributed by atoms with E-state index in [2.05, 4.69) is 18.2 Å². The highest BCUT2D eigenvalue weighted by atomic mass is 32.1. The third-order valence-electron chi connectivity index (χ3n) is 5.05. The van der Waals surface area contributed by atoms with Gasteiger partial charge in [-0.2, -0.15) is 5.26 Å². The van der Waals surface area contributed by atoms with E-state index in [0.29, 0.717) is 13.0 Å². The van der Waals surface area contributed by atoms with Gasteiger partial charge < -0.3 is 9.15 Å².